The molecule has 0 aliphatic carbocycles. The minimum Gasteiger partial charge on any atom is -0.356 e. The fourth-order valence-electron chi connectivity index (χ4n) is 4.65. The van der Waals surface area contributed by atoms with Crippen molar-refractivity contribution in [2.75, 3.05) is 37.6 Å². The lowest BCUT2D eigenvalue weighted by Gasteiger charge is -2.33. The Labute approximate surface area is 179 Å². The molecule has 1 aromatic carbocycles. The Kier molecular flexibility index (Phi) is 7.29. The van der Waals surface area contributed by atoms with Crippen LogP contribution in [0.5, 0.6) is 0 Å². The molecule has 1 atom stereocenters. The summed E-state index contributed by atoms with van der Waals surface area (Å²) in [7, 11) is 0. The second-order valence-corrected chi connectivity index (χ2v) is 8.62. The molecule has 0 saturated carbocycles. The van der Waals surface area contributed by atoms with E-state index in [0.717, 1.165) is 63.9 Å². The van der Waals surface area contributed by atoms with Gasteiger partial charge in [0.15, 0.2) is 0 Å². The molecule has 1 amide bonds. The summed E-state index contributed by atoms with van der Waals surface area (Å²) >= 11 is 0. The Balaban J connectivity index is 1.15. The molecule has 2 aromatic rings. The lowest BCUT2D eigenvalue weighted by atomic mass is 9.93. The maximum Gasteiger partial charge on any atom is 0.225 e. The van der Waals surface area contributed by atoms with E-state index in [1.54, 1.807) is 12.4 Å². The van der Waals surface area contributed by atoms with Crippen LogP contribution in [0.1, 0.15) is 37.7 Å². The maximum absolute atomic E-state index is 12.7. The van der Waals surface area contributed by atoms with Crippen molar-refractivity contribution in [3.8, 4) is 0 Å². The van der Waals surface area contributed by atoms with E-state index in [1.807, 2.05) is 6.07 Å². The molecule has 0 bridgehead atoms. The van der Waals surface area contributed by atoms with Crippen LogP contribution in [0.3, 0.4) is 0 Å². The topological polar surface area (TPSA) is 61.4 Å². The molecule has 2 saturated heterocycles. The van der Waals surface area contributed by atoms with E-state index in [4.69, 9.17) is 0 Å². The number of benzene rings is 1. The fraction of sp³-hybridized carbons (Fsp3) is 0.542. The number of hydrogen-bond donors (Lipinski definition) is 1. The number of anilines is 1. The van der Waals surface area contributed by atoms with Crippen LogP contribution in [0.2, 0.25) is 0 Å². The lowest BCUT2D eigenvalue weighted by Crippen LogP contribution is -2.44. The second-order valence-electron chi connectivity index (χ2n) is 8.62. The standard InChI is InChI=1S/C24H33N5O/c30-23(22-8-4-15-29(19-22)24-26-12-5-13-27-24)25-14-9-20-10-16-28(17-11-20)18-21-6-2-1-3-7-21/h1-3,5-7,12-13,20,22H,4,8-11,14-19H2,(H,25,30)/t22-/m1/s1. The average Bonchev–Trinajstić information content (AvgIpc) is 2.81. The van der Waals surface area contributed by atoms with Gasteiger partial charge in [0.1, 0.15) is 0 Å². The van der Waals surface area contributed by atoms with Gasteiger partial charge in [0.05, 0.1) is 5.92 Å². The molecule has 160 valence electrons. The SMILES string of the molecule is O=C(NCCC1CCN(Cc2ccccc2)CC1)[C@@H]1CCCN(c2ncccn2)C1. The van der Waals surface area contributed by atoms with Crippen LogP contribution in [0, 0.1) is 11.8 Å². The summed E-state index contributed by atoms with van der Waals surface area (Å²) in [4.78, 5) is 26.0. The predicted molar refractivity (Wildman–Crippen MR) is 119 cm³/mol. The van der Waals surface area contributed by atoms with E-state index >= 15 is 0 Å². The van der Waals surface area contributed by atoms with Crippen molar-refractivity contribution in [1.82, 2.24) is 20.2 Å². The number of carbonyl (C=O) groups excluding carboxylic acids is 1. The van der Waals surface area contributed by atoms with E-state index in [-0.39, 0.29) is 11.8 Å². The van der Waals surface area contributed by atoms with E-state index < -0.39 is 0 Å². The number of carbonyl (C=O) groups is 1. The Morgan fingerprint density at radius 1 is 1.00 bits per heavy atom. The van der Waals surface area contributed by atoms with Crippen LogP contribution in [0.25, 0.3) is 0 Å². The molecule has 6 nitrogen and oxygen atoms in total. The van der Waals surface area contributed by atoms with Gasteiger partial charge in [-0.15, -0.1) is 0 Å². The highest BCUT2D eigenvalue weighted by molar-refractivity contribution is 5.79. The highest BCUT2D eigenvalue weighted by atomic mass is 16.1. The first kappa shape index (κ1) is 20.8. The normalized spacial score (nSPS) is 20.8. The Morgan fingerprint density at radius 3 is 2.53 bits per heavy atom. The fourth-order valence-corrected chi connectivity index (χ4v) is 4.65. The summed E-state index contributed by atoms with van der Waals surface area (Å²) in [5.74, 6) is 1.68. The lowest BCUT2D eigenvalue weighted by molar-refractivity contribution is -0.125. The smallest absolute Gasteiger partial charge is 0.225 e. The van der Waals surface area contributed by atoms with Gasteiger partial charge in [-0.2, -0.15) is 0 Å². The minimum absolute atomic E-state index is 0.0373. The first-order chi connectivity index (χ1) is 14.8. The zero-order valence-corrected chi connectivity index (χ0v) is 17.7. The highest BCUT2D eigenvalue weighted by Gasteiger charge is 2.27. The van der Waals surface area contributed by atoms with E-state index in [0.29, 0.717) is 6.54 Å². The molecule has 3 heterocycles. The third-order valence-electron chi connectivity index (χ3n) is 6.44. The summed E-state index contributed by atoms with van der Waals surface area (Å²) in [6, 6.07) is 12.5. The van der Waals surface area contributed by atoms with Gasteiger partial charge in [0.25, 0.3) is 0 Å². The van der Waals surface area contributed by atoms with Crippen molar-refractivity contribution in [2.24, 2.45) is 11.8 Å². The zero-order chi connectivity index (χ0) is 20.6. The summed E-state index contributed by atoms with van der Waals surface area (Å²) in [5, 5.41) is 3.20. The van der Waals surface area contributed by atoms with Gasteiger partial charge in [-0.05, 0) is 62.7 Å². The van der Waals surface area contributed by atoms with Gasteiger partial charge < -0.3 is 10.2 Å². The van der Waals surface area contributed by atoms with Crippen LogP contribution < -0.4 is 10.2 Å². The number of piperidine rings is 2. The first-order valence-electron chi connectivity index (χ1n) is 11.3. The molecule has 2 aliphatic rings. The molecular weight excluding hydrogens is 374 g/mol. The van der Waals surface area contributed by atoms with E-state index in [2.05, 4.69) is 55.4 Å². The third kappa shape index (κ3) is 5.79. The highest BCUT2D eigenvalue weighted by Crippen LogP contribution is 2.22. The minimum atomic E-state index is 0.0373. The number of rotatable bonds is 7. The number of amides is 1. The molecule has 1 aromatic heterocycles. The molecule has 2 aliphatic heterocycles. The molecule has 0 radical (unpaired) electrons. The van der Waals surface area contributed by atoms with Crippen LogP contribution in [-0.4, -0.2) is 53.5 Å². The summed E-state index contributed by atoms with van der Waals surface area (Å²) < 4.78 is 0. The predicted octanol–water partition coefficient (Wildman–Crippen LogP) is 3.11. The molecule has 30 heavy (non-hydrogen) atoms. The van der Waals surface area contributed by atoms with Crippen LogP contribution in [0.15, 0.2) is 48.8 Å². The molecule has 2 fully saturated rings. The van der Waals surface area contributed by atoms with Crippen molar-refractivity contribution in [1.29, 1.82) is 0 Å². The quantitative estimate of drug-likeness (QED) is 0.764. The van der Waals surface area contributed by atoms with Crippen LogP contribution >= 0.6 is 0 Å². The molecule has 0 unspecified atom stereocenters. The third-order valence-corrected chi connectivity index (χ3v) is 6.44. The van der Waals surface area contributed by atoms with Crippen molar-refractivity contribution in [3.63, 3.8) is 0 Å². The Morgan fingerprint density at radius 2 is 1.77 bits per heavy atom. The van der Waals surface area contributed by atoms with Crippen molar-refractivity contribution in [3.05, 3.63) is 54.4 Å². The molecular formula is C24H33N5O. The molecule has 4 rings (SSSR count). The van der Waals surface area contributed by atoms with Crippen molar-refractivity contribution >= 4 is 11.9 Å². The van der Waals surface area contributed by atoms with Crippen molar-refractivity contribution < 1.29 is 4.79 Å². The number of aromatic nitrogens is 2. The number of hydrogen-bond acceptors (Lipinski definition) is 5. The second kappa shape index (κ2) is 10.5. The van der Waals surface area contributed by atoms with Gasteiger partial charge in [-0.25, -0.2) is 9.97 Å². The largest absolute Gasteiger partial charge is 0.356 e. The van der Waals surface area contributed by atoms with E-state index in [1.165, 1.54) is 18.4 Å². The summed E-state index contributed by atoms with van der Waals surface area (Å²) in [5.41, 5.74) is 1.39. The van der Waals surface area contributed by atoms with Gasteiger partial charge in [-0.3, -0.25) is 9.69 Å². The summed E-state index contributed by atoms with van der Waals surface area (Å²) in [6.07, 6.45) is 9.03. The van der Waals surface area contributed by atoms with Gasteiger partial charge in [-0.1, -0.05) is 30.3 Å². The maximum atomic E-state index is 12.7. The van der Waals surface area contributed by atoms with Crippen molar-refractivity contribution in [2.45, 2.75) is 38.6 Å². The number of nitrogens with one attached hydrogen (secondary N) is 1. The van der Waals surface area contributed by atoms with Gasteiger partial charge in [0.2, 0.25) is 11.9 Å². The average molecular weight is 408 g/mol. The number of likely N-dealkylation sites (tertiary alicyclic amines) is 1. The summed E-state index contributed by atoms with van der Waals surface area (Å²) in [6.45, 7) is 5.79. The molecule has 1 N–H and O–H groups in total. The van der Waals surface area contributed by atoms with E-state index in [9.17, 15) is 4.79 Å². The first-order valence-corrected chi connectivity index (χ1v) is 11.3. The molecule has 0 spiro atoms. The zero-order valence-electron chi connectivity index (χ0n) is 17.7. The number of nitrogens with zero attached hydrogens (tertiary/aromatic N) is 4. The van der Waals surface area contributed by atoms with Gasteiger partial charge in [0, 0.05) is 38.6 Å². The van der Waals surface area contributed by atoms with Crippen LogP contribution in [0.4, 0.5) is 5.95 Å². The van der Waals surface area contributed by atoms with Gasteiger partial charge >= 0.3 is 0 Å². The Hall–Kier alpha value is -2.47. The Bertz CT molecular complexity index is 777. The monoisotopic (exact) mass is 407 g/mol. The molecule has 6 heteroatoms. The van der Waals surface area contributed by atoms with Crippen LogP contribution in [-0.2, 0) is 11.3 Å².